The first-order chi connectivity index (χ1) is 9.54. The van der Waals surface area contributed by atoms with Gasteiger partial charge in [-0.3, -0.25) is 4.90 Å². The summed E-state index contributed by atoms with van der Waals surface area (Å²) in [5.74, 6) is 0.560. The van der Waals surface area contributed by atoms with Crippen LogP contribution in [0.2, 0.25) is 0 Å². The zero-order chi connectivity index (χ0) is 15.1. The summed E-state index contributed by atoms with van der Waals surface area (Å²) < 4.78 is 5.16. The highest BCUT2D eigenvalue weighted by atomic mass is 32.1. The maximum absolute atomic E-state index is 9.69. The van der Waals surface area contributed by atoms with Crippen molar-refractivity contribution in [3.63, 3.8) is 0 Å². The van der Waals surface area contributed by atoms with Crippen LogP contribution < -0.4 is 10.5 Å². The van der Waals surface area contributed by atoms with Crippen LogP contribution in [0.25, 0.3) is 0 Å². The summed E-state index contributed by atoms with van der Waals surface area (Å²) in [6, 6.07) is 5.13. The molecule has 0 aliphatic rings. The molecule has 0 radical (unpaired) electrons. The van der Waals surface area contributed by atoms with Crippen LogP contribution in [-0.2, 0) is 0 Å². The Morgan fingerprint density at radius 1 is 1.45 bits per heavy atom. The van der Waals surface area contributed by atoms with Crippen LogP contribution in [0.5, 0.6) is 11.5 Å². The molecule has 0 fully saturated rings. The van der Waals surface area contributed by atoms with Gasteiger partial charge in [0.1, 0.15) is 0 Å². The lowest BCUT2D eigenvalue weighted by Gasteiger charge is -2.30. The second-order valence-corrected chi connectivity index (χ2v) is 5.19. The van der Waals surface area contributed by atoms with Gasteiger partial charge in [0.2, 0.25) is 0 Å². The molecule has 1 atom stereocenters. The van der Waals surface area contributed by atoms with Crippen LogP contribution in [0.3, 0.4) is 0 Å². The third-order valence-electron chi connectivity index (χ3n) is 3.36. The minimum Gasteiger partial charge on any atom is -0.504 e. The Morgan fingerprint density at radius 3 is 2.65 bits per heavy atom. The van der Waals surface area contributed by atoms with Crippen molar-refractivity contribution in [2.24, 2.45) is 5.73 Å². The van der Waals surface area contributed by atoms with Crippen LogP contribution in [0.15, 0.2) is 18.2 Å². The number of phenolic OH excluding ortho intramolecular Hbond substituents is 1. The number of nitrogens with zero attached hydrogens (tertiary/aromatic N) is 1. The van der Waals surface area contributed by atoms with E-state index in [1.807, 2.05) is 6.07 Å². The van der Waals surface area contributed by atoms with Crippen molar-refractivity contribution in [3.05, 3.63) is 23.8 Å². The number of likely N-dealkylation sites (N-methyl/N-ethyl adjacent to an activating group) is 1. The topological polar surface area (TPSA) is 58.7 Å². The smallest absolute Gasteiger partial charge is 0.160 e. The molecule has 0 aliphatic heterocycles. The van der Waals surface area contributed by atoms with Crippen molar-refractivity contribution < 1.29 is 9.84 Å². The quantitative estimate of drug-likeness (QED) is 0.722. The molecule has 20 heavy (non-hydrogen) atoms. The number of benzene rings is 1. The molecule has 0 saturated carbocycles. The standard InChI is InChI=1S/C15H24N2O2S/c1-4-6-9-17(5-2)14(15(16)20)11-7-8-12(18)13(10-11)19-3/h7-8,10,14,18H,4-6,9H2,1-3H3,(H2,16,20). The summed E-state index contributed by atoms with van der Waals surface area (Å²) >= 11 is 5.24. The van der Waals surface area contributed by atoms with E-state index < -0.39 is 0 Å². The van der Waals surface area contributed by atoms with Crippen molar-refractivity contribution in [2.45, 2.75) is 32.7 Å². The predicted octanol–water partition coefficient (Wildman–Crippen LogP) is 2.85. The third-order valence-corrected chi connectivity index (χ3v) is 3.58. The lowest BCUT2D eigenvalue weighted by Crippen LogP contribution is -2.37. The van der Waals surface area contributed by atoms with Gasteiger partial charge in [0.05, 0.1) is 18.1 Å². The van der Waals surface area contributed by atoms with Crippen molar-refractivity contribution in [2.75, 3.05) is 20.2 Å². The maximum Gasteiger partial charge on any atom is 0.160 e. The molecular weight excluding hydrogens is 272 g/mol. The minimum absolute atomic E-state index is 0.120. The van der Waals surface area contributed by atoms with Gasteiger partial charge in [-0.2, -0.15) is 0 Å². The molecule has 5 heteroatoms. The van der Waals surface area contributed by atoms with Gasteiger partial charge < -0.3 is 15.6 Å². The van der Waals surface area contributed by atoms with Crippen molar-refractivity contribution in [3.8, 4) is 11.5 Å². The van der Waals surface area contributed by atoms with Crippen molar-refractivity contribution >= 4 is 17.2 Å². The lowest BCUT2D eigenvalue weighted by molar-refractivity contribution is 0.253. The number of aromatic hydroxyl groups is 1. The van der Waals surface area contributed by atoms with Crippen LogP contribution in [0.4, 0.5) is 0 Å². The van der Waals surface area contributed by atoms with Gasteiger partial charge in [0.15, 0.2) is 11.5 Å². The van der Waals surface area contributed by atoms with E-state index in [1.54, 1.807) is 12.1 Å². The number of thiocarbonyl (C=S) groups is 1. The zero-order valence-electron chi connectivity index (χ0n) is 12.4. The highest BCUT2D eigenvalue weighted by Crippen LogP contribution is 2.31. The summed E-state index contributed by atoms with van der Waals surface area (Å²) in [6.07, 6.45) is 2.22. The van der Waals surface area contributed by atoms with Crippen LogP contribution in [-0.4, -0.2) is 35.2 Å². The van der Waals surface area contributed by atoms with Crippen molar-refractivity contribution in [1.29, 1.82) is 0 Å². The molecule has 0 amide bonds. The fourth-order valence-corrected chi connectivity index (χ4v) is 2.54. The summed E-state index contributed by atoms with van der Waals surface area (Å²) in [7, 11) is 1.53. The fourth-order valence-electron chi connectivity index (χ4n) is 2.25. The number of hydrogen-bond donors (Lipinski definition) is 2. The molecule has 0 spiro atoms. The Balaban J connectivity index is 3.09. The number of hydrogen-bond acceptors (Lipinski definition) is 4. The molecule has 0 saturated heterocycles. The van der Waals surface area contributed by atoms with E-state index in [9.17, 15) is 5.11 Å². The molecule has 1 rings (SSSR count). The fraction of sp³-hybridized carbons (Fsp3) is 0.533. The number of methoxy groups -OCH3 is 1. The molecule has 1 unspecified atom stereocenters. The van der Waals surface area contributed by atoms with Gasteiger partial charge in [0, 0.05) is 0 Å². The number of nitrogens with two attached hydrogens (primary N) is 1. The van der Waals surface area contributed by atoms with Gasteiger partial charge in [-0.25, -0.2) is 0 Å². The van der Waals surface area contributed by atoms with Gasteiger partial charge in [-0.05, 0) is 37.2 Å². The summed E-state index contributed by atoms with van der Waals surface area (Å²) in [4.78, 5) is 2.69. The van der Waals surface area contributed by atoms with Crippen LogP contribution in [0.1, 0.15) is 38.3 Å². The number of phenols is 1. The average Bonchev–Trinajstić information content (AvgIpc) is 2.44. The average molecular weight is 296 g/mol. The number of rotatable bonds is 8. The predicted molar refractivity (Wildman–Crippen MR) is 86.3 cm³/mol. The zero-order valence-corrected chi connectivity index (χ0v) is 13.2. The second kappa shape index (κ2) is 8.07. The minimum atomic E-state index is -0.129. The van der Waals surface area contributed by atoms with E-state index in [-0.39, 0.29) is 11.8 Å². The van der Waals surface area contributed by atoms with Crippen molar-refractivity contribution in [1.82, 2.24) is 4.90 Å². The number of unbranched alkanes of at least 4 members (excludes halogenated alkanes) is 1. The van der Waals surface area contributed by atoms with Gasteiger partial charge in [-0.15, -0.1) is 0 Å². The van der Waals surface area contributed by atoms with Gasteiger partial charge in [0.25, 0.3) is 0 Å². The first-order valence-corrected chi connectivity index (χ1v) is 7.36. The van der Waals surface area contributed by atoms with Gasteiger partial charge in [-0.1, -0.05) is 38.6 Å². The second-order valence-electron chi connectivity index (χ2n) is 4.72. The Labute approximate surface area is 126 Å². The molecular formula is C15H24N2O2S. The molecule has 112 valence electrons. The van der Waals surface area contributed by atoms with E-state index in [4.69, 9.17) is 22.7 Å². The largest absolute Gasteiger partial charge is 0.504 e. The molecule has 4 nitrogen and oxygen atoms in total. The Bertz CT molecular complexity index is 451. The first kappa shape index (κ1) is 16.7. The summed E-state index contributed by atoms with van der Waals surface area (Å²) in [5.41, 5.74) is 6.88. The van der Waals surface area contributed by atoms with Crippen LogP contribution >= 0.6 is 12.2 Å². The van der Waals surface area contributed by atoms with E-state index in [2.05, 4.69) is 18.7 Å². The van der Waals surface area contributed by atoms with E-state index in [0.717, 1.165) is 31.5 Å². The molecule has 0 aliphatic carbocycles. The van der Waals surface area contributed by atoms with E-state index in [1.165, 1.54) is 7.11 Å². The highest BCUT2D eigenvalue weighted by Gasteiger charge is 2.22. The van der Waals surface area contributed by atoms with Gasteiger partial charge >= 0.3 is 0 Å². The molecule has 0 bridgehead atoms. The molecule has 0 aromatic heterocycles. The number of ether oxygens (including phenoxy) is 1. The Hall–Kier alpha value is -1.33. The summed E-state index contributed by atoms with van der Waals surface area (Å²) in [6.45, 7) is 6.06. The molecule has 1 aromatic carbocycles. The third kappa shape index (κ3) is 4.08. The Kier molecular flexibility index (Phi) is 6.75. The Morgan fingerprint density at radius 2 is 2.15 bits per heavy atom. The molecule has 1 aromatic rings. The summed E-state index contributed by atoms with van der Waals surface area (Å²) in [5, 5.41) is 9.69. The highest BCUT2D eigenvalue weighted by molar-refractivity contribution is 7.80. The normalized spacial score (nSPS) is 12.4. The molecule has 0 heterocycles. The lowest BCUT2D eigenvalue weighted by atomic mass is 10.0. The first-order valence-electron chi connectivity index (χ1n) is 6.95. The molecule has 3 N–H and O–H groups in total. The van der Waals surface area contributed by atoms with E-state index in [0.29, 0.717) is 10.7 Å². The maximum atomic E-state index is 9.69. The van der Waals surface area contributed by atoms with E-state index >= 15 is 0 Å². The monoisotopic (exact) mass is 296 g/mol. The SMILES string of the molecule is CCCCN(CC)C(C(N)=S)c1ccc(O)c(OC)c1. The van der Waals surface area contributed by atoms with Crippen LogP contribution in [0, 0.1) is 0 Å².